The number of benzene rings is 3. The molecule has 9 nitrogen and oxygen atoms in total. The second kappa shape index (κ2) is 8.44. The molecule has 10 heteroatoms. The summed E-state index contributed by atoms with van der Waals surface area (Å²) in [6.45, 7) is 0. The number of hydrogen-bond donors (Lipinski definition) is 2. The molecular formula is C22H16N4O5S. The molecule has 0 saturated carbocycles. The molecule has 4 aromatic rings. The fourth-order valence-corrected chi connectivity index (χ4v) is 4.19. The van der Waals surface area contributed by atoms with Crippen molar-refractivity contribution < 1.29 is 18.1 Å². The van der Waals surface area contributed by atoms with Gasteiger partial charge < -0.3 is 5.32 Å². The highest BCUT2D eigenvalue weighted by Crippen LogP contribution is 2.24. The van der Waals surface area contributed by atoms with Crippen LogP contribution in [0.5, 0.6) is 0 Å². The molecule has 0 unspecified atom stereocenters. The largest absolute Gasteiger partial charge is 0.321 e. The topological polar surface area (TPSA) is 131 Å². The van der Waals surface area contributed by atoms with Gasteiger partial charge in [0.25, 0.3) is 21.6 Å². The number of fused-ring (bicyclic) bond motifs is 1. The summed E-state index contributed by atoms with van der Waals surface area (Å²) in [4.78, 5) is 27.2. The molecule has 0 bridgehead atoms. The Labute approximate surface area is 182 Å². The van der Waals surface area contributed by atoms with Crippen LogP contribution in [-0.4, -0.2) is 24.2 Å². The summed E-state index contributed by atoms with van der Waals surface area (Å²) in [6.07, 6.45) is 1.51. The fourth-order valence-electron chi connectivity index (χ4n) is 3.08. The summed E-state index contributed by atoms with van der Waals surface area (Å²) >= 11 is 0. The number of non-ortho nitro benzene ring substituents is 1. The summed E-state index contributed by atoms with van der Waals surface area (Å²) in [5.41, 5.74) is 0.975. The number of hydrogen-bond acceptors (Lipinski definition) is 6. The number of para-hydroxylation sites is 2. The molecule has 0 radical (unpaired) electrons. The van der Waals surface area contributed by atoms with Crippen LogP contribution in [0.25, 0.3) is 10.9 Å². The molecule has 2 N–H and O–H groups in total. The van der Waals surface area contributed by atoms with Crippen LogP contribution in [0, 0.1) is 10.1 Å². The van der Waals surface area contributed by atoms with Gasteiger partial charge in [0.2, 0.25) is 0 Å². The number of carbonyl (C=O) groups excluding carboxylic acids is 1. The third kappa shape index (κ3) is 4.40. The van der Waals surface area contributed by atoms with E-state index >= 15 is 0 Å². The maximum atomic E-state index is 12.9. The van der Waals surface area contributed by atoms with Crippen LogP contribution in [0.2, 0.25) is 0 Å². The standard InChI is InChI=1S/C22H16N4O5S/c27-22(24-16-12-15-6-1-3-10-20(15)23-14-16)19-9-2-4-11-21(19)25-32(30,31)18-8-5-7-17(13-18)26(28)29/h1-14,25H,(H,24,27). The highest BCUT2D eigenvalue weighted by Gasteiger charge is 2.21. The number of carbonyl (C=O) groups is 1. The molecule has 1 aromatic heterocycles. The Morgan fingerprint density at radius 1 is 0.938 bits per heavy atom. The lowest BCUT2D eigenvalue weighted by molar-refractivity contribution is -0.385. The van der Waals surface area contributed by atoms with Crippen LogP contribution >= 0.6 is 0 Å². The second-order valence-corrected chi connectivity index (χ2v) is 8.46. The molecule has 1 amide bonds. The van der Waals surface area contributed by atoms with Crippen molar-refractivity contribution in [3.8, 4) is 0 Å². The third-order valence-electron chi connectivity index (χ3n) is 4.60. The van der Waals surface area contributed by atoms with Gasteiger partial charge in [0, 0.05) is 17.5 Å². The van der Waals surface area contributed by atoms with Crippen LogP contribution in [0.15, 0.2) is 90.0 Å². The molecule has 0 aliphatic heterocycles. The highest BCUT2D eigenvalue weighted by molar-refractivity contribution is 7.92. The number of nitro groups is 1. The fraction of sp³-hybridized carbons (Fsp3) is 0. The maximum Gasteiger partial charge on any atom is 0.270 e. The highest BCUT2D eigenvalue weighted by atomic mass is 32.2. The van der Waals surface area contributed by atoms with E-state index in [9.17, 15) is 23.3 Å². The van der Waals surface area contributed by atoms with Crippen LogP contribution in [-0.2, 0) is 10.0 Å². The van der Waals surface area contributed by atoms with E-state index < -0.39 is 20.9 Å². The van der Waals surface area contributed by atoms with Gasteiger partial charge in [0.15, 0.2) is 0 Å². The minimum absolute atomic E-state index is 0.0326. The normalized spacial score (nSPS) is 11.1. The van der Waals surface area contributed by atoms with Gasteiger partial charge >= 0.3 is 0 Å². The number of rotatable bonds is 6. The molecule has 0 saturated heterocycles. The van der Waals surface area contributed by atoms with Gasteiger partial charge in [-0.25, -0.2) is 8.42 Å². The minimum Gasteiger partial charge on any atom is -0.321 e. The van der Waals surface area contributed by atoms with Gasteiger partial charge in [-0.2, -0.15) is 0 Å². The maximum absolute atomic E-state index is 12.9. The van der Waals surface area contributed by atoms with E-state index in [2.05, 4.69) is 15.0 Å². The summed E-state index contributed by atoms with van der Waals surface area (Å²) < 4.78 is 27.9. The van der Waals surface area contributed by atoms with E-state index in [4.69, 9.17) is 0 Å². The Morgan fingerprint density at radius 2 is 1.69 bits per heavy atom. The molecule has 3 aromatic carbocycles. The Kier molecular flexibility index (Phi) is 5.52. The molecule has 160 valence electrons. The predicted molar refractivity (Wildman–Crippen MR) is 120 cm³/mol. The lowest BCUT2D eigenvalue weighted by Gasteiger charge is -2.13. The van der Waals surface area contributed by atoms with Crippen molar-refractivity contribution in [2.75, 3.05) is 10.0 Å². The van der Waals surface area contributed by atoms with E-state index in [-0.39, 0.29) is 21.8 Å². The number of nitrogens with zero attached hydrogens (tertiary/aromatic N) is 2. The van der Waals surface area contributed by atoms with Gasteiger partial charge in [-0.05, 0) is 30.3 Å². The number of sulfonamides is 1. The molecule has 0 aliphatic rings. The Morgan fingerprint density at radius 3 is 2.50 bits per heavy atom. The first-order valence-electron chi connectivity index (χ1n) is 9.36. The van der Waals surface area contributed by atoms with Crippen molar-refractivity contribution in [3.63, 3.8) is 0 Å². The molecule has 0 fully saturated rings. The average molecular weight is 448 g/mol. The summed E-state index contributed by atoms with van der Waals surface area (Å²) in [7, 11) is -4.17. The summed E-state index contributed by atoms with van der Waals surface area (Å²) in [5, 5.41) is 14.5. The van der Waals surface area contributed by atoms with Crippen LogP contribution < -0.4 is 10.0 Å². The smallest absolute Gasteiger partial charge is 0.270 e. The number of anilines is 2. The lowest BCUT2D eigenvalue weighted by Crippen LogP contribution is -2.18. The van der Waals surface area contributed by atoms with E-state index in [1.807, 2.05) is 24.3 Å². The second-order valence-electron chi connectivity index (χ2n) is 6.78. The number of nitro benzene ring substituents is 1. The molecule has 1 heterocycles. The summed E-state index contributed by atoms with van der Waals surface area (Å²) in [6, 6.07) is 19.9. The van der Waals surface area contributed by atoms with E-state index in [0.717, 1.165) is 17.0 Å². The van der Waals surface area contributed by atoms with Crippen molar-refractivity contribution in [1.29, 1.82) is 0 Å². The average Bonchev–Trinajstić information content (AvgIpc) is 2.79. The van der Waals surface area contributed by atoms with E-state index in [1.165, 1.54) is 36.5 Å². The number of amides is 1. The van der Waals surface area contributed by atoms with Crippen molar-refractivity contribution in [2.24, 2.45) is 0 Å². The van der Waals surface area contributed by atoms with Crippen LogP contribution in [0.3, 0.4) is 0 Å². The molecule has 0 spiro atoms. The van der Waals surface area contributed by atoms with Crippen molar-refractivity contribution >= 4 is 43.9 Å². The lowest BCUT2D eigenvalue weighted by atomic mass is 10.1. The van der Waals surface area contributed by atoms with Crippen LogP contribution in [0.4, 0.5) is 17.1 Å². The number of aromatic nitrogens is 1. The number of pyridine rings is 1. The Hall–Kier alpha value is -4.31. The van der Waals surface area contributed by atoms with E-state index in [0.29, 0.717) is 5.69 Å². The van der Waals surface area contributed by atoms with Gasteiger partial charge in [-0.1, -0.05) is 36.4 Å². The molecule has 4 rings (SSSR count). The van der Waals surface area contributed by atoms with Gasteiger partial charge in [0.1, 0.15) is 0 Å². The third-order valence-corrected chi connectivity index (χ3v) is 5.97. The van der Waals surface area contributed by atoms with Crippen molar-refractivity contribution in [2.45, 2.75) is 4.90 Å². The zero-order valence-corrected chi connectivity index (χ0v) is 17.2. The first-order valence-corrected chi connectivity index (χ1v) is 10.8. The van der Waals surface area contributed by atoms with Gasteiger partial charge in [-0.3, -0.25) is 24.6 Å². The first kappa shape index (κ1) is 20.9. The van der Waals surface area contributed by atoms with Crippen LogP contribution in [0.1, 0.15) is 10.4 Å². The molecule has 32 heavy (non-hydrogen) atoms. The molecule has 0 atom stereocenters. The zero-order chi connectivity index (χ0) is 22.7. The summed E-state index contributed by atoms with van der Waals surface area (Å²) in [5.74, 6) is -0.542. The first-order chi connectivity index (χ1) is 15.3. The van der Waals surface area contributed by atoms with Gasteiger partial charge in [-0.15, -0.1) is 0 Å². The Balaban J connectivity index is 1.61. The van der Waals surface area contributed by atoms with Crippen molar-refractivity contribution in [1.82, 2.24) is 4.98 Å². The van der Waals surface area contributed by atoms with Gasteiger partial charge in [0.05, 0.1) is 38.5 Å². The quantitative estimate of drug-likeness (QED) is 0.336. The molecular weight excluding hydrogens is 432 g/mol. The van der Waals surface area contributed by atoms with Crippen molar-refractivity contribution in [3.05, 3.63) is 101 Å². The predicted octanol–water partition coefficient (Wildman–Crippen LogP) is 4.20. The monoisotopic (exact) mass is 448 g/mol. The van der Waals surface area contributed by atoms with E-state index in [1.54, 1.807) is 18.2 Å². The molecule has 0 aliphatic carbocycles. The Bertz CT molecular complexity index is 1450. The number of nitrogens with one attached hydrogen (secondary N) is 2. The minimum atomic E-state index is -4.17. The zero-order valence-electron chi connectivity index (χ0n) is 16.4. The SMILES string of the molecule is O=C(Nc1cnc2ccccc2c1)c1ccccc1NS(=O)(=O)c1cccc([N+](=O)[O-])c1.